The Morgan fingerprint density at radius 3 is 2.07 bits per heavy atom. The Labute approximate surface area is 168 Å². The largest absolute Gasteiger partial charge is 0.341 e. The van der Waals surface area contributed by atoms with Crippen molar-refractivity contribution in [1.82, 2.24) is 4.57 Å². The van der Waals surface area contributed by atoms with Gasteiger partial charge in [-0.15, -0.1) is 0 Å². The number of benzene rings is 3. The minimum atomic E-state index is -0.353. The van der Waals surface area contributed by atoms with Crippen LogP contribution in [0.2, 0.25) is 0 Å². The minimum absolute atomic E-state index is 0.0958. The van der Waals surface area contributed by atoms with Gasteiger partial charge in [0.15, 0.2) is 11.6 Å². The summed E-state index contributed by atoms with van der Waals surface area (Å²) in [6, 6.07) is 15.6. The first-order valence-electron chi connectivity index (χ1n) is 9.84. The third kappa shape index (κ3) is 3.15. The molecule has 29 heavy (non-hydrogen) atoms. The molecule has 0 aliphatic heterocycles. The molecule has 4 aromatic rings. The summed E-state index contributed by atoms with van der Waals surface area (Å²) in [5, 5.41) is 1.91. The number of aromatic nitrogens is 1. The molecule has 0 aliphatic carbocycles. The summed E-state index contributed by atoms with van der Waals surface area (Å²) in [7, 11) is 0. The van der Waals surface area contributed by atoms with Crippen molar-refractivity contribution < 1.29 is 14.0 Å². The second-order valence-electron chi connectivity index (χ2n) is 7.27. The number of ketones is 2. The van der Waals surface area contributed by atoms with Gasteiger partial charge in [-0.1, -0.05) is 6.92 Å². The maximum Gasteiger partial charge on any atom is 0.193 e. The summed E-state index contributed by atoms with van der Waals surface area (Å²) in [4.78, 5) is 25.3. The molecule has 4 heteroatoms. The predicted molar refractivity (Wildman–Crippen MR) is 114 cm³/mol. The molecule has 0 amide bonds. The summed E-state index contributed by atoms with van der Waals surface area (Å²) < 4.78 is 15.6. The Balaban J connectivity index is 1.93. The Morgan fingerprint density at radius 2 is 1.48 bits per heavy atom. The van der Waals surface area contributed by atoms with Crippen LogP contribution in [0.5, 0.6) is 0 Å². The SMILES string of the molecule is CCC(=O)c1ccc2c(c1)c1cc(C(=O)c3ccc(F)cc3C)ccc1n2CC. The molecule has 4 rings (SSSR count). The van der Waals surface area contributed by atoms with Crippen molar-refractivity contribution in [3.05, 3.63) is 82.7 Å². The molecule has 1 aromatic heterocycles. The molecule has 0 fully saturated rings. The maximum atomic E-state index is 13.4. The van der Waals surface area contributed by atoms with Gasteiger partial charge in [0.1, 0.15) is 5.82 Å². The van der Waals surface area contributed by atoms with E-state index >= 15 is 0 Å². The lowest BCUT2D eigenvalue weighted by Crippen LogP contribution is -2.04. The first-order chi connectivity index (χ1) is 13.9. The fraction of sp³-hybridized carbons (Fsp3) is 0.200. The molecule has 0 saturated carbocycles. The summed E-state index contributed by atoms with van der Waals surface area (Å²) in [5.74, 6) is -0.394. The highest BCUT2D eigenvalue weighted by atomic mass is 19.1. The highest BCUT2D eigenvalue weighted by Gasteiger charge is 2.17. The zero-order valence-electron chi connectivity index (χ0n) is 16.8. The summed E-state index contributed by atoms with van der Waals surface area (Å²) in [6.45, 7) is 6.44. The van der Waals surface area contributed by atoms with Gasteiger partial charge in [-0.2, -0.15) is 0 Å². The number of nitrogens with zero attached hydrogens (tertiary/aromatic N) is 1. The third-order valence-corrected chi connectivity index (χ3v) is 5.52. The number of hydrogen-bond donors (Lipinski definition) is 0. The van der Waals surface area contributed by atoms with E-state index in [1.54, 1.807) is 6.92 Å². The average molecular weight is 387 g/mol. The molecule has 0 N–H and O–H groups in total. The van der Waals surface area contributed by atoms with E-state index in [2.05, 4.69) is 11.5 Å². The number of Topliss-reactive ketones (excluding diaryl/α,β-unsaturated/α-hetero) is 1. The van der Waals surface area contributed by atoms with Gasteiger partial charge in [0.05, 0.1) is 0 Å². The summed E-state index contributed by atoms with van der Waals surface area (Å²) in [6.07, 6.45) is 0.450. The van der Waals surface area contributed by atoms with E-state index in [0.29, 0.717) is 28.7 Å². The lowest BCUT2D eigenvalue weighted by atomic mass is 9.97. The minimum Gasteiger partial charge on any atom is -0.341 e. The van der Waals surface area contributed by atoms with Crippen molar-refractivity contribution in [3.8, 4) is 0 Å². The Bertz CT molecular complexity index is 1280. The van der Waals surface area contributed by atoms with Crippen LogP contribution in [-0.4, -0.2) is 16.1 Å². The molecule has 3 nitrogen and oxygen atoms in total. The molecular weight excluding hydrogens is 365 g/mol. The molecule has 1 heterocycles. The molecular formula is C25H22FNO2. The molecule has 3 aromatic carbocycles. The fourth-order valence-electron chi connectivity index (χ4n) is 4.00. The molecule has 146 valence electrons. The van der Waals surface area contributed by atoms with Gasteiger partial charge in [-0.3, -0.25) is 9.59 Å². The zero-order chi connectivity index (χ0) is 20.7. The first kappa shape index (κ1) is 19.1. The van der Waals surface area contributed by atoms with Crippen molar-refractivity contribution in [2.45, 2.75) is 33.7 Å². The van der Waals surface area contributed by atoms with Crippen LogP contribution in [0.3, 0.4) is 0 Å². The smallest absolute Gasteiger partial charge is 0.193 e. The van der Waals surface area contributed by atoms with Gasteiger partial charge in [-0.05, 0) is 74.0 Å². The van der Waals surface area contributed by atoms with Crippen molar-refractivity contribution in [3.63, 3.8) is 0 Å². The lowest BCUT2D eigenvalue weighted by Gasteiger charge is -2.06. The van der Waals surface area contributed by atoms with Crippen LogP contribution < -0.4 is 0 Å². The predicted octanol–water partition coefficient (Wildman–Crippen LogP) is 6.09. The van der Waals surface area contributed by atoms with Crippen molar-refractivity contribution >= 4 is 33.4 Å². The third-order valence-electron chi connectivity index (χ3n) is 5.52. The van der Waals surface area contributed by atoms with E-state index in [-0.39, 0.29) is 17.4 Å². The van der Waals surface area contributed by atoms with Crippen molar-refractivity contribution in [2.24, 2.45) is 0 Å². The fourth-order valence-corrected chi connectivity index (χ4v) is 4.00. The van der Waals surface area contributed by atoms with Crippen LogP contribution in [-0.2, 0) is 6.54 Å². The van der Waals surface area contributed by atoms with Crippen molar-refractivity contribution in [1.29, 1.82) is 0 Å². The lowest BCUT2D eigenvalue weighted by molar-refractivity contribution is 0.0987. The second-order valence-corrected chi connectivity index (χ2v) is 7.27. The van der Waals surface area contributed by atoms with Gasteiger partial charge in [-0.25, -0.2) is 4.39 Å². The van der Waals surface area contributed by atoms with Crippen LogP contribution in [0.25, 0.3) is 21.8 Å². The molecule has 0 radical (unpaired) electrons. The van der Waals surface area contributed by atoms with E-state index in [4.69, 9.17) is 0 Å². The molecule has 0 spiro atoms. The average Bonchev–Trinajstić information content (AvgIpc) is 3.04. The second kappa shape index (κ2) is 7.28. The van der Waals surface area contributed by atoms with Gasteiger partial charge in [0.25, 0.3) is 0 Å². The van der Waals surface area contributed by atoms with Crippen LogP contribution in [0.4, 0.5) is 4.39 Å². The monoisotopic (exact) mass is 387 g/mol. The van der Waals surface area contributed by atoms with Crippen molar-refractivity contribution in [2.75, 3.05) is 0 Å². The number of carbonyl (C=O) groups excluding carboxylic acids is 2. The molecule has 0 bridgehead atoms. The summed E-state index contributed by atoms with van der Waals surface area (Å²) >= 11 is 0. The Hall–Kier alpha value is -3.27. The normalized spacial score (nSPS) is 11.3. The highest BCUT2D eigenvalue weighted by Crippen LogP contribution is 2.31. The zero-order valence-corrected chi connectivity index (χ0v) is 16.8. The molecule has 0 saturated heterocycles. The Morgan fingerprint density at radius 1 is 0.862 bits per heavy atom. The number of halogens is 1. The number of aryl methyl sites for hydroxylation is 2. The van der Waals surface area contributed by atoms with Crippen LogP contribution in [0, 0.1) is 12.7 Å². The van der Waals surface area contributed by atoms with E-state index in [0.717, 1.165) is 28.4 Å². The van der Waals surface area contributed by atoms with E-state index in [1.165, 1.54) is 18.2 Å². The van der Waals surface area contributed by atoms with Crippen LogP contribution in [0.15, 0.2) is 54.6 Å². The van der Waals surface area contributed by atoms with Gasteiger partial charge < -0.3 is 4.57 Å². The maximum absolute atomic E-state index is 13.4. The van der Waals surface area contributed by atoms with Crippen LogP contribution in [0.1, 0.15) is 52.1 Å². The van der Waals surface area contributed by atoms with E-state index in [9.17, 15) is 14.0 Å². The van der Waals surface area contributed by atoms with E-state index < -0.39 is 0 Å². The number of carbonyl (C=O) groups is 2. The number of fused-ring (bicyclic) bond motifs is 3. The molecule has 0 atom stereocenters. The van der Waals surface area contributed by atoms with Gasteiger partial charge in [0, 0.05) is 51.5 Å². The van der Waals surface area contributed by atoms with Gasteiger partial charge >= 0.3 is 0 Å². The topological polar surface area (TPSA) is 39.1 Å². The standard InChI is InChI=1S/C25H22FNO2/c1-4-24(28)16-6-10-22-20(13-16)21-14-17(7-11-23(21)27(22)5-2)25(29)19-9-8-18(26)12-15(19)3/h6-14H,4-5H2,1-3H3. The molecule has 0 aliphatic rings. The quantitative estimate of drug-likeness (QED) is 0.389. The first-order valence-corrected chi connectivity index (χ1v) is 9.84. The van der Waals surface area contributed by atoms with E-state index in [1.807, 2.05) is 43.3 Å². The molecule has 0 unspecified atom stereocenters. The van der Waals surface area contributed by atoms with Gasteiger partial charge in [0.2, 0.25) is 0 Å². The van der Waals surface area contributed by atoms with Crippen LogP contribution >= 0.6 is 0 Å². The highest BCUT2D eigenvalue weighted by molar-refractivity contribution is 6.16. The summed E-state index contributed by atoms with van der Waals surface area (Å²) in [5.41, 5.74) is 4.40. The Kier molecular flexibility index (Phi) is 4.79. The number of hydrogen-bond acceptors (Lipinski definition) is 2. The number of rotatable bonds is 5.